The number of amides is 3. The van der Waals surface area contributed by atoms with Gasteiger partial charge in [0, 0.05) is 50.2 Å². The van der Waals surface area contributed by atoms with Gasteiger partial charge in [0.1, 0.15) is 0 Å². The second kappa shape index (κ2) is 9.89. The van der Waals surface area contributed by atoms with E-state index in [1.807, 2.05) is 48.5 Å². The van der Waals surface area contributed by atoms with Crippen LogP contribution >= 0.6 is 11.3 Å². The van der Waals surface area contributed by atoms with Crippen molar-refractivity contribution >= 4 is 29.0 Å². The van der Waals surface area contributed by atoms with E-state index in [4.69, 9.17) is 0 Å². The fourth-order valence-corrected chi connectivity index (χ4v) is 4.54. The van der Waals surface area contributed by atoms with E-state index in [0.717, 1.165) is 55.8 Å². The molecule has 1 aromatic carbocycles. The Morgan fingerprint density at radius 3 is 2.69 bits per heavy atom. The van der Waals surface area contributed by atoms with E-state index in [-0.39, 0.29) is 11.9 Å². The fraction of sp³-hybridized carbons (Fsp3) is 0.455. The lowest BCUT2D eigenvalue weighted by Crippen LogP contribution is -2.50. The van der Waals surface area contributed by atoms with Crippen molar-refractivity contribution in [2.75, 3.05) is 38.1 Å². The lowest BCUT2D eigenvalue weighted by molar-refractivity contribution is 0.0992. The number of urea groups is 1. The van der Waals surface area contributed by atoms with Crippen LogP contribution in [-0.2, 0) is 13.0 Å². The number of anilines is 1. The highest BCUT2D eigenvalue weighted by molar-refractivity contribution is 7.10. The summed E-state index contributed by atoms with van der Waals surface area (Å²) in [5.41, 5.74) is 3.68. The van der Waals surface area contributed by atoms with Crippen molar-refractivity contribution < 1.29 is 9.59 Å². The van der Waals surface area contributed by atoms with Crippen LogP contribution in [0.4, 0.5) is 10.5 Å². The van der Waals surface area contributed by atoms with Crippen LogP contribution in [0.1, 0.15) is 39.7 Å². The predicted molar refractivity (Wildman–Crippen MR) is 119 cm³/mol. The van der Waals surface area contributed by atoms with Crippen LogP contribution in [0.25, 0.3) is 0 Å². The highest BCUT2D eigenvalue weighted by atomic mass is 32.1. The van der Waals surface area contributed by atoms with Crippen LogP contribution in [0.3, 0.4) is 0 Å². The number of aryl methyl sites for hydroxylation is 2. The molecule has 0 aliphatic carbocycles. The normalized spacial score (nSPS) is 14.0. The number of nitrogens with one attached hydrogen (secondary N) is 2. The van der Waals surface area contributed by atoms with Gasteiger partial charge < -0.3 is 20.4 Å². The highest BCUT2D eigenvalue weighted by Gasteiger charge is 2.19. The lowest BCUT2D eigenvalue weighted by Gasteiger charge is -2.27. The molecule has 6 nitrogen and oxygen atoms in total. The molecule has 7 heteroatoms. The van der Waals surface area contributed by atoms with Crippen LogP contribution in [0.15, 0.2) is 29.6 Å². The Hall–Kier alpha value is -2.38. The molecular weight excluding hydrogens is 384 g/mol. The van der Waals surface area contributed by atoms with Crippen LogP contribution in [0.2, 0.25) is 0 Å². The van der Waals surface area contributed by atoms with Gasteiger partial charge in [0.25, 0.3) is 5.91 Å². The molecule has 29 heavy (non-hydrogen) atoms. The Labute approximate surface area is 176 Å². The molecule has 3 rings (SSSR count). The maximum absolute atomic E-state index is 13.0. The molecule has 1 aromatic heterocycles. The van der Waals surface area contributed by atoms with E-state index in [1.54, 1.807) is 16.2 Å². The summed E-state index contributed by atoms with van der Waals surface area (Å²) in [5.74, 6) is -0.0137. The SMILES string of the molecule is CCCc1sccc1N(C)C(=O)c1ccc(CNC(=O)N2CCNCC2)c(C)c1. The van der Waals surface area contributed by atoms with Gasteiger partial charge in [-0.3, -0.25) is 4.79 Å². The number of nitrogens with zero attached hydrogens (tertiary/aromatic N) is 2. The maximum Gasteiger partial charge on any atom is 0.317 e. The number of thiophene rings is 1. The Bertz CT molecular complexity index is 858. The minimum atomic E-state index is -0.0355. The van der Waals surface area contributed by atoms with E-state index in [2.05, 4.69) is 17.6 Å². The van der Waals surface area contributed by atoms with E-state index < -0.39 is 0 Å². The van der Waals surface area contributed by atoms with Gasteiger partial charge in [-0.15, -0.1) is 11.3 Å². The van der Waals surface area contributed by atoms with Gasteiger partial charge in [0.05, 0.1) is 5.69 Å². The number of piperazine rings is 1. The largest absolute Gasteiger partial charge is 0.334 e. The number of carbonyl (C=O) groups is 2. The van der Waals surface area contributed by atoms with Gasteiger partial charge in [-0.1, -0.05) is 19.4 Å². The van der Waals surface area contributed by atoms with Crippen molar-refractivity contribution in [3.8, 4) is 0 Å². The molecule has 1 saturated heterocycles. The number of benzene rings is 1. The summed E-state index contributed by atoms with van der Waals surface area (Å²) in [6.45, 7) is 7.72. The third-order valence-electron chi connectivity index (χ3n) is 5.29. The summed E-state index contributed by atoms with van der Waals surface area (Å²) in [4.78, 5) is 30.1. The second-order valence-corrected chi connectivity index (χ2v) is 8.38. The molecule has 0 unspecified atom stereocenters. The first-order valence-corrected chi connectivity index (χ1v) is 11.1. The molecule has 1 aliphatic heterocycles. The molecular formula is C22H30N4O2S. The van der Waals surface area contributed by atoms with Crippen molar-refractivity contribution in [1.29, 1.82) is 0 Å². The van der Waals surface area contributed by atoms with Crippen molar-refractivity contribution in [1.82, 2.24) is 15.5 Å². The summed E-state index contributed by atoms with van der Waals surface area (Å²) in [6.07, 6.45) is 2.04. The minimum Gasteiger partial charge on any atom is -0.334 e. The standard InChI is InChI=1S/C22H30N4O2S/c1-4-5-20-19(8-13-29-20)25(3)21(27)17-6-7-18(16(2)14-17)15-24-22(28)26-11-9-23-10-12-26/h6-8,13-14,23H,4-5,9-12,15H2,1-3H3,(H,24,28). The summed E-state index contributed by atoms with van der Waals surface area (Å²) in [5, 5.41) is 8.27. The summed E-state index contributed by atoms with van der Waals surface area (Å²) in [7, 11) is 1.83. The molecule has 0 saturated carbocycles. The van der Waals surface area contributed by atoms with Gasteiger partial charge in [-0.05, 0) is 48.1 Å². The molecule has 0 radical (unpaired) electrons. The summed E-state index contributed by atoms with van der Waals surface area (Å²) >= 11 is 1.70. The first kappa shape index (κ1) is 21.3. The van der Waals surface area contributed by atoms with Gasteiger partial charge in [0.2, 0.25) is 0 Å². The Morgan fingerprint density at radius 1 is 1.24 bits per heavy atom. The van der Waals surface area contributed by atoms with E-state index >= 15 is 0 Å². The van der Waals surface area contributed by atoms with Crippen molar-refractivity contribution in [2.45, 2.75) is 33.2 Å². The number of carbonyl (C=O) groups excluding carboxylic acids is 2. The van der Waals surface area contributed by atoms with E-state index in [1.165, 1.54) is 4.88 Å². The van der Waals surface area contributed by atoms with Gasteiger partial charge >= 0.3 is 6.03 Å². The van der Waals surface area contributed by atoms with Crippen LogP contribution in [-0.4, -0.2) is 50.1 Å². The first-order valence-electron chi connectivity index (χ1n) is 10.2. The second-order valence-electron chi connectivity index (χ2n) is 7.38. The Kier molecular flexibility index (Phi) is 7.28. The molecule has 0 bridgehead atoms. The predicted octanol–water partition coefficient (Wildman–Crippen LogP) is 3.40. The molecule has 2 heterocycles. The maximum atomic E-state index is 13.0. The third-order valence-corrected chi connectivity index (χ3v) is 6.26. The van der Waals surface area contributed by atoms with Crippen molar-refractivity contribution in [2.24, 2.45) is 0 Å². The molecule has 1 aliphatic rings. The van der Waals surface area contributed by atoms with Crippen LogP contribution in [0.5, 0.6) is 0 Å². The van der Waals surface area contributed by atoms with Crippen molar-refractivity contribution in [3.63, 3.8) is 0 Å². The van der Waals surface area contributed by atoms with Crippen LogP contribution in [0, 0.1) is 6.92 Å². The highest BCUT2D eigenvalue weighted by Crippen LogP contribution is 2.28. The van der Waals surface area contributed by atoms with E-state index in [0.29, 0.717) is 12.1 Å². The molecule has 3 amide bonds. The summed E-state index contributed by atoms with van der Waals surface area (Å²) in [6, 6.07) is 7.68. The number of rotatable bonds is 6. The van der Waals surface area contributed by atoms with Gasteiger partial charge in [0.15, 0.2) is 0 Å². The Balaban J connectivity index is 1.64. The first-order chi connectivity index (χ1) is 14.0. The third kappa shape index (κ3) is 5.16. The number of hydrogen-bond acceptors (Lipinski definition) is 4. The summed E-state index contributed by atoms with van der Waals surface area (Å²) < 4.78 is 0. The average Bonchev–Trinajstić information content (AvgIpc) is 3.20. The number of hydrogen-bond donors (Lipinski definition) is 2. The quantitative estimate of drug-likeness (QED) is 0.761. The molecule has 0 spiro atoms. The molecule has 0 atom stereocenters. The molecule has 2 aromatic rings. The Morgan fingerprint density at radius 2 is 2.00 bits per heavy atom. The minimum absolute atomic E-state index is 0.0137. The van der Waals surface area contributed by atoms with E-state index in [9.17, 15) is 9.59 Å². The monoisotopic (exact) mass is 414 g/mol. The zero-order chi connectivity index (χ0) is 20.8. The zero-order valence-electron chi connectivity index (χ0n) is 17.5. The van der Waals surface area contributed by atoms with Gasteiger partial charge in [-0.2, -0.15) is 0 Å². The molecule has 1 fully saturated rings. The topological polar surface area (TPSA) is 64.7 Å². The molecule has 2 N–H and O–H groups in total. The smallest absolute Gasteiger partial charge is 0.317 e. The van der Waals surface area contributed by atoms with Gasteiger partial charge in [-0.25, -0.2) is 4.79 Å². The fourth-order valence-electron chi connectivity index (χ4n) is 3.53. The average molecular weight is 415 g/mol. The van der Waals surface area contributed by atoms with Crippen LogP contribution < -0.4 is 15.5 Å². The zero-order valence-corrected chi connectivity index (χ0v) is 18.3. The van der Waals surface area contributed by atoms with Crippen molar-refractivity contribution in [3.05, 3.63) is 51.2 Å². The molecule has 156 valence electrons. The lowest BCUT2D eigenvalue weighted by atomic mass is 10.0.